The van der Waals surface area contributed by atoms with Gasteiger partial charge >= 0.3 is 0 Å². The first-order chi connectivity index (χ1) is 8.20. The van der Waals surface area contributed by atoms with Crippen LogP contribution in [0.1, 0.15) is 33.1 Å². The normalized spacial score (nSPS) is 23.6. The Morgan fingerprint density at radius 3 is 2.59 bits per heavy atom. The molecule has 2 aliphatic rings. The van der Waals surface area contributed by atoms with Crippen LogP contribution in [0.25, 0.3) is 0 Å². The average Bonchev–Trinajstić information content (AvgIpc) is 2.39. The van der Waals surface area contributed by atoms with Crippen molar-refractivity contribution >= 4 is 5.91 Å². The molecule has 0 aromatic carbocycles. The molecule has 0 atom stereocenters. The van der Waals surface area contributed by atoms with Crippen molar-refractivity contribution in [2.75, 3.05) is 32.7 Å². The zero-order valence-electron chi connectivity index (χ0n) is 11.1. The number of carbonyl (C=O) groups is 1. The molecule has 1 saturated heterocycles. The number of piperidine rings is 1. The van der Waals surface area contributed by atoms with Gasteiger partial charge in [-0.25, -0.2) is 0 Å². The predicted molar refractivity (Wildman–Crippen MR) is 69.8 cm³/mol. The lowest BCUT2D eigenvalue weighted by molar-refractivity contribution is -0.136. The van der Waals surface area contributed by atoms with E-state index in [1.165, 1.54) is 5.57 Å². The first-order valence-corrected chi connectivity index (χ1v) is 6.87. The third kappa shape index (κ3) is 3.09. The van der Waals surface area contributed by atoms with Gasteiger partial charge in [-0.15, -0.1) is 0 Å². The van der Waals surface area contributed by atoms with Crippen LogP contribution in [0.2, 0.25) is 0 Å². The monoisotopic (exact) mass is 236 g/mol. The van der Waals surface area contributed by atoms with Crippen LogP contribution in [0, 0.1) is 5.92 Å². The molecular formula is C14H24N2O. The Hall–Kier alpha value is -0.830. The van der Waals surface area contributed by atoms with E-state index in [0.717, 1.165) is 52.0 Å². The lowest BCUT2D eigenvalue weighted by Gasteiger charge is -2.34. The summed E-state index contributed by atoms with van der Waals surface area (Å²) in [5, 5.41) is 0. The summed E-state index contributed by atoms with van der Waals surface area (Å²) in [7, 11) is 0. The lowest BCUT2D eigenvalue weighted by Crippen LogP contribution is -2.43. The van der Waals surface area contributed by atoms with E-state index < -0.39 is 0 Å². The number of rotatable bonds is 2. The molecule has 3 nitrogen and oxygen atoms in total. The molecular weight excluding hydrogens is 212 g/mol. The van der Waals surface area contributed by atoms with Crippen molar-refractivity contribution < 1.29 is 4.79 Å². The van der Waals surface area contributed by atoms with E-state index in [9.17, 15) is 4.79 Å². The van der Waals surface area contributed by atoms with Gasteiger partial charge in [0.25, 0.3) is 0 Å². The summed E-state index contributed by atoms with van der Waals surface area (Å²) in [6.07, 6.45) is 5.35. The van der Waals surface area contributed by atoms with Gasteiger partial charge in [0.05, 0.1) is 0 Å². The van der Waals surface area contributed by atoms with Crippen molar-refractivity contribution in [3.8, 4) is 0 Å². The minimum atomic E-state index is 0.282. The van der Waals surface area contributed by atoms with Crippen LogP contribution in [-0.4, -0.2) is 48.4 Å². The van der Waals surface area contributed by atoms with Gasteiger partial charge in [-0.1, -0.05) is 18.6 Å². The Balaban J connectivity index is 1.85. The van der Waals surface area contributed by atoms with E-state index in [2.05, 4.69) is 24.8 Å². The molecule has 0 unspecified atom stereocenters. The highest BCUT2D eigenvalue weighted by molar-refractivity contribution is 5.79. The van der Waals surface area contributed by atoms with Gasteiger partial charge in [0.1, 0.15) is 0 Å². The van der Waals surface area contributed by atoms with Crippen molar-refractivity contribution in [2.45, 2.75) is 33.1 Å². The third-order valence-corrected chi connectivity index (χ3v) is 4.13. The summed E-state index contributed by atoms with van der Waals surface area (Å²) in [5.41, 5.74) is 1.43. The molecule has 2 rings (SSSR count). The number of nitrogens with zero attached hydrogens (tertiary/aromatic N) is 2. The number of hydrogen-bond donors (Lipinski definition) is 0. The molecule has 96 valence electrons. The van der Waals surface area contributed by atoms with Crippen LogP contribution >= 0.6 is 0 Å². The van der Waals surface area contributed by atoms with E-state index in [4.69, 9.17) is 0 Å². The minimum absolute atomic E-state index is 0.282. The van der Waals surface area contributed by atoms with Crippen molar-refractivity contribution in [3.63, 3.8) is 0 Å². The molecule has 0 spiro atoms. The van der Waals surface area contributed by atoms with Crippen LogP contribution in [0.15, 0.2) is 11.6 Å². The van der Waals surface area contributed by atoms with Crippen molar-refractivity contribution in [1.82, 2.24) is 9.80 Å². The molecule has 0 radical (unpaired) electrons. The molecule has 0 aromatic heterocycles. The fourth-order valence-electron chi connectivity index (χ4n) is 2.73. The highest BCUT2D eigenvalue weighted by Gasteiger charge is 2.28. The number of carbonyl (C=O) groups excluding carboxylic acids is 1. The van der Waals surface area contributed by atoms with E-state index >= 15 is 0 Å². The summed E-state index contributed by atoms with van der Waals surface area (Å²) in [6, 6.07) is 0. The molecule has 17 heavy (non-hydrogen) atoms. The van der Waals surface area contributed by atoms with Gasteiger partial charge in [-0.3, -0.25) is 4.79 Å². The second-order valence-corrected chi connectivity index (χ2v) is 5.29. The maximum Gasteiger partial charge on any atom is 0.226 e. The molecule has 3 heteroatoms. The van der Waals surface area contributed by atoms with Crippen LogP contribution in [0.5, 0.6) is 0 Å². The molecule has 0 aliphatic carbocycles. The summed E-state index contributed by atoms with van der Waals surface area (Å²) < 4.78 is 0. The Labute approximate surface area is 104 Å². The van der Waals surface area contributed by atoms with Crippen molar-refractivity contribution in [3.05, 3.63) is 11.6 Å². The Morgan fingerprint density at radius 2 is 2.06 bits per heavy atom. The molecule has 2 aliphatic heterocycles. The Morgan fingerprint density at radius 1 is 1.35 bits per heavy atom. The molecule has 2 heterocycles. The second kappa shape index (κ2) is 5.67. The van der Waals surface area contributed by atoms with Gasteiger partial charge in [0.15, 0.2) is 0 Å². The van der Waals surface area contributed by atoms with Gasteiger partial charge in [0, 0.05) is 19.0 Å². The van der Waals surface area contributed by atoms with Crippen LogP contribution in [-0.2, 0) is 4.79 Å². The highest BCUT2D eigenvalue weighted by atomic mass is 16.2. The number of hydrogen-bond acceptors (Lipinski definition) is 2. The Kier molecular flexibility index (Phi) is 4.21. The smallest absolute Gasteiger partial charge is 0.226 e. The Bertz CT molecular complexity index is 303. The number of amides is 1. The van der Waals surface area contributed by atoms with Gasteiger partial charge in [-0.2, -0.15) is 0 Å². The first kappa shape index (κ1) is 12.6. The molecule has 1 fully saturated rings. The summed E-state index contributed by atoms with van der Waals surface area (Å²) in [5.74, 6) is 0.675. The van der Waals surface area contributed by atoms with E-state index in [1.807, 2.05) is 4.90 Å². The lowest BCUT2D eigenvalue weighted by atomic mass is 9.94. The SMILES string of the molecule is CCN1CCC(C(=O)N2CC=C(C)CC2)CC1. The summed E-state index contributed by atoms with van der Waals surface area (Å²) in [6.45, 7) is 9.41. The van der Waals surface area contributed by atoms with Gasteiger partial charge < -0.3 is 9.80 Å². The standard InChI is InChI=1S/C14H24N2O/c1-3-15-8-6-13(7-9-15)14(17)16-10-4-12(2)5-11-16/h4,13H,3,5-11H2,1-2H3. The quantitative estimate of drug-likeness (QED) is 0.684. The van der Waals surface area contributed by atoms with Crippen LogP contribution in [0.3, 0.4) is 0 Å². The second-order valence-electron chi connectivity index (χ2n) is 5.29. The van der Waals surface area contributed by atoms with Gasteiger partial charge in [0.2, 0.25) is 5.91 Å². The zero-order valence-corrected chi connectivity index (χ0v) is 11.1. The fourth-order valence-corrected chi connectivity index (χ4v) is 2.73. The van der Waals surface area contributed by atoms with E-state index in [-0.39, 0.29) is 5.92 Å². The first-order valence-electron chi connectivity index (χ1n) is 6.87. The maximum atomic E-state index is 12.3. The molecule has 0 N–H and O–H groups in total. The fraction of sp³-hybridized carbons (Fsp3) is 0.786. The largest absolute Gasteiger partial charge is 0.338 e. The topological polar surface area (TPSA) is 23.6 Å². The third-order valence-electron chi connectivity index (χ3n) is 4.13. The summed E-state index contributed by atoms with van der Waals surface area (Å²) >= 11 is 0. The van der Waals surface area contributed by atoms with Gasteiger partial charge in [-0.05, 0) is 45.8 Å². The number of likely N-dealkylation sites (tertiary alicyclic amines) is 1. The molecule has 0 bridgehead atoms. The van der Waals surface area contributed by atoms with E-state index in [1.54, 1.807) is 0 Å². The van der Waals surface area contributed by atoms with Crippen molar-refractivity contribution in [1.29, 1.82) is 0 Å². The average molecular weight is 236 g/mol. The molecule has 0 saturated carbocycles. The van der Waals surface area contributed by atoms with E-state index in [0.29, 0.717) is 5.91 Å². The maximum absolute atomic E-state index is 12.3. The predicted octanol–water partition coefficient (Wildman–Crippen LogP) is 1.90. The summed E-state index contributed by atoms with van der Waals surface area (Å²) in [4.78, 5) is 16.8. The highest BCUT2D eigenvalue weighted by Crippen LogP contribution is 2.21. The van der Waals surface area contributed by atoms with Crippen LogP contribution < -0.4 is 0 Å². The molecule has 1 amide bonds. The van der Waals surface area contributed by atoms with Crippen molar-refractivity contribution in [2.24, 2.45) is 5.92 Å². The van der Waals surface area contributed by atoms with Crippen LogP contribution in [0.4, 0.5) is 0 Å². The molecule has 0 aromatic rings. The zero-order chi connectivity index (χ0) is 12.3. The minimum Gasteiger partial charge on any atom is -0.338 e.